The molecular weight excluding hydrogens is 322 g/mol. The second-order valence-corrected chi connectivity index (χ2v) is 8.26. The van der Waals surface area contributed by atoms with Crippen LogP contribution >= 0.6 is 0 Å². The molecule has 0 unspecified atom stereocenters. The Balaban J connectivity index is 2.62. The number of aryl methyl sites for hydroxylation is 2. The van der Waals surface area contributed by atoms with Gasteiger partial charge in [0.1, 0.15) is 10.6 Å². The van der Waals surface area contributed by atoms with E-state index in [-0.39, 0.29) is 10.8 Å². The Bertz CT molecular complexity index is 842. The first-order valence-electron chi connectivity index (χ1n) is 7.92. The van der Waals surface area contributed by atoms with Gasteiger partial charge < -0.3 is 4.74 Å². The van der Waals surface area contributed by atoms with Crippen molar-refractivity contribution >= 4 is 15.7 Å². The van der Waals surface area contributed by atoms with Crippen molar-refractivity contribution in [3.63, 3.8) is 0 Å². The zero-order valence-corrected chi connectivity index (χ0v) is 15.9. The normalized spacial score (nSPS) is 11.6. The molecule has 0 fully saturated rings. The van der Waals surface area contributed by atoms with Crippen molar-refractivity contribution in [1.29, 1.82) is 0 Å². The lowest BCUT2D eigenvalue weighted by Crippen LogP contribution is -2.27. The summed E-state index contributed by atoms with van der Waals surface area (Å²) in [4.78, 5) is 0.198. The molecule has 130 valence electrons. The molecule has 5 heteroatoms. The maximum atomic E-state index is 13.2. The summed E-state index contributed by atoms with van der Waals surface area (Å²) in [6.45, 7) is 8.01. The Morgan fingerprint density at radius 1 is 1.08 bits per heavy atom. The van der Waals surface area contributed by atoms with Gasteiger partial charge in [-0.1, -0.05) is 26.0 Å². The highest BCUT2D eigenvalue weighted by Crippen LogP contribution is 2.34. The number of rotatable bonds is 5. The van der Waals surface area contributed by atoms with Gasteiger partial charge in [0.2, 0.25) is 0 Å². The van der Waals surface area contributed by atoms with Gasteiger partial charge in [0.05, 0.1) is 12.8 Å². The summed E-state index contributed by atoms with van der Waals surface area (Å²) in [5.74, 6) is 0.602. The van der Waals surface area contributed by atoms with Crippen LogP contribution in [0.5, 0.6) is 5.75 Å². The van der Waals surface area contributed by atoms with Crippen molar-refractivity contribution < 1.29 is 13.2 Å². The molecule has 0 aliphatic rings. The molecule has 2 aromatic rings. The lowest BCUT2D eigenvalue weighted by Gasteiger charge is -2.23. The third kappa shape index (κ3) is 3.41. The third-order valence-corrected chi connectivity index (χ3v) is 5.98. The van der Waals surface area contributed by atoms with Crippen molar-refractivity contribution in [2.24, 2.45) is 0 Å². The second-order valence-electron chi connectivity index (χ2n) is 6.33. The summed E-state index contributed by atoms with van der Waals surface area (Å²) >= 11 is 0. The Labute approximate surface area is 145 Å². The third-order valence-electron chi connectivity index (χ3n) is 4.18. The van der Waals surface area contributed by atoms with Gasteiger partial charge in [0, 0.05) is 7.05 Å². The molecule has 0 saturated heterocycles. The van der Waals surface area contributed by atoms with Crippen LogP contribution in [0.3, 0.4) is 0 Å². The molecular formula is C19H25NO3S. The van der Waals surface area contributed by atoms with E-state index >= 15 is 0 Å². The molecule has 0 N–H and O–H groups in total. The van der Waals surface area contributed by atoms with Crippen molar-refractivity contribution in [2.75, 3.05) is 18.5 Å². The van der Waals surface area contributed by atoms with Gasteiger partial charge in [-0.3, -0.25) is 4.31 Å². The molecule has 0 aliphatic heterocycles. The minimum Gasteiger partial charge on any atom is -0.495 e. The topological polar surface area (TPSA) is 46.6 Å². The molecule has 0 heterocycles. The van der Waals surface area contributed by atoms with Crippen LogP contribution in [0.4, 0.5) is 5.69 Å². The molecule has 0 spiro atoms. The number of methoxy groups -OCH3 is 1. The molecule has 0 bridgehead atoms. The Morgan fingerprint density at radius 2 is 1.75 bits per heavy atom. The van der Waals surface area contributed by atoms with Crippen LogP contribution in [-0.4, -0.2) is 22.6 Å². The number of anilines is 1. The molecule has 0 atom stereocenters. The summed E-state index contributed by atoms with van der Waals surface area (Å²) < 4.78 is 33.0. The monoisotopic (exact) mass is 347 g/mol. The van der Waals surface area contributed by atoms with E-state index < -0.39 is 10.0 Å². The Morgan fingerprint density at radius 3 is 2.29 bits per heavy atom. The highest BCUT2D eigenvalue weighted by molar-refractivity contribution is 7.92. The number of hydrogen-bond acceptors (Lipinski definition) is 3. The maximum Gasteiger partial charge on any atom is 0.267 e. The Kier molecular flexibility index (Phi) is 5.23. The summed E-state index contributed by atoms with van der Waals surface area (Å²) in [6, 6.07) is 11.0. The zero-order valence-electron chi connectivity index (χ0n) is 15.1. The average molecular weight is 347 g/mol. The van der Waals surface area contributed by atoms with Gasteiger partial charge >= 0.3 is 0 Å². The smallest absolute Gasteiger partial charge is 0.267 e. The first-order chi connectivity index (χ1) is 11.2. The molecule has 0 aliphatic carbocycles. The summed E-state index contributed by atoms with van der Waals surface area (Å²) in [7, 11) is -0.653. The van der Waals surface area contributed by atoms with Gasteiger partial charge in [-0.2, -0.15) is 0 Å². The highest BCUT2D eigenvalue weighted by Gasteiger charge is 2.27. The summed E-state index contributed by atoms with van der Waals surface area (Å²) in [5.41, 5.74) is 3.67. The average Bonchev–Trinajstić information content (AvgIpc) is 2.53. The van der Waals surface area contributed by atoms with E-state index in [1.807, 2.05) is 32.0 Å². The van der Waals surface area contributed by atoms with Crippen LogP contribution in [0.2, 0.25) is 0 Å². The number of sulfonamides is 1. The Hall–Kier alpha value is -2.01. The van der Waals surface area contributed by atoms with Gasteiger partial charge in [-0.05, 0) is 60.7 Å². The van der Waals surface area contributed by atoms with Crippen molar-refractivity contribution in [2.45, 2.75) is 38.5 Å². The fourth-order valence-corrected chi connectivity index (χ4v) is 4.13. The maximum absolute atomic E-state index is 13.2. The van der Waals surface area contributed by atoms with Gasteiger partial charge in [-0.25, -0.2) is 8.42 Å². The van der Waals surface area contributed by atoms with Gasteiger partial charge in [-0.15, -0.1) is 0 Å². The SMILES string of the molecule is COc1cc(C)c(C(C)C)cc1S(=O)(=O)N(C)c1cccc(C)c1. The predicted molar refractivity (Wildman–Crippen MR) is 98.6 cm³/mol. The molecule has 0 saturated carbocycles. The highest BCUT2D eigenvalue weighted by atomic mass is 32.2. The largest absolute Gasteiger partial charge is 0.495 e. The van der Waals surface area contributed by atoms with E-state index in [9.17, 15) is 8.42 Å². The van der Waals surface area contributed by atoms with Gasteiger partial charge in [0.25, 0.3) is 10.0 Å². The first kappa shape index (κ1) is 18.3. The second kappa shape index (κ2) is 6.85. The fourth-order valence-electron chi connectivity index (χ4n) is 2.77. The lowest BCUT2D eigenvalue weighted by atomic mass is 9.98. The number of benzene rings is 2. The van der Waals surface area contributed by atoms with Crippen molar-refractivity contribution in [3.8, 4) is 5.75 Å². The summed E-state index contributed by atoms with van der Waals surface area (Å²) in [5, 5.41) is 0. The van der Waals surface area contributed by atoms with E-state index in [2.05, 4.69) is 13.8 Å². The first-order valence-corrected chi connectivity index (χ1v) is 9.36. The molecule has 2 rings (SSSR count). The minimum atomic E-state index is -3.72. The summed E-state index contributed by atoms with van der Waals surface area (Å²) in [6.07, 6.45) is 0. The van der Waals surface area contributed by atoms with E-state index in [1.54, 1.807) is 25.2 Å². The number of ether oxygens (including phenoxy) is 1. The quantitative estimate of drug-likeness (QED) is 0.812. The van der Waals surface area contributed by atoms with Crippen LogP contribution in [0.25, 0.3) is 0 Å². The van der Waals surface area contributed by atoms with Crippen molar-refractivity contribution in [3.05, 3.63) is 53.1 Å². The molecule has 0 radical (unpaired) electrons. The molecule has 24 heavy (non-hydrogen) atoms. The molecule has 0 aromatic heterocycles. The fraction of sp³-hybridized carbons (Fsp3) is 0.368. The van der Waals surface area contributed by atoms with Crippen LogP contribution < -0.4 is 9.04 Å². The van der Waals surface area contributed by atoms with E-state index in [0.29, 0.717) is 11.4 Å². The van der Waals surface area contributed by atoms with E-state index in [0.717, 1.165) is 16.7 Å². The number of hydrogen-bond donors (Lipinski definition) is 0. The zero-order chi connectivity index (χ0) is 18.1. The molecule has 2 aromatic carbocycles. The van der Waals surface area contributed by atoms with Crippen LogP contribution in [0.1, 0.15) is 36.5 Å². The van der Waals surface area contributed by atoms with Crippen LogP contribution in [-0.2, 0) is 10.0 Å². The van der Waals surface area contributed by atoms with Gasteiger partial charge in [0.15, 0.2) is 0 Å². The predicted octanol–water partition coefficient (Wildman–Crippen LogP) is 4.26. The van der Waals surface area contributed by atoms with Crippen LogP contribution in [0, 0.1) is 13.8 Å². The van der Waals surface area contributed by atoms with E-state index in [1.165, 1.54) is 11.4 Å². The molecule has 0 amide bonds. The standard InChI is InChI=1S/C19H25NO3S/c1-13(2)17-12-19(18(23-6)11-15(17)4)24(21,22)20(5)16-9-7-8-14(3)10-16/h7-13H,1-6H3. The lowest BCUT2D eigenvalue weighted by molar-refractivity contribution is 0.402. The van der Waals surface area contributed by atoms with Crippen LogP contribution in [0.15, 0.2) is 41.3 Å². The number of nitrogens with zero attached hydrogens (tertiary/aromatic N) is 1. The van der Waals surface area contributed by atoms with Crippen molar-refractivity contribution in [1.82, 2.24) is 0 Å². The minimum absolute atomic E-state index is 0.198. The molecule has 4 nitrogen and oxygen atoms in total. The van der Waals surface area contributed by atoms with E-state index in [4.69, 9.17) is 4.74 Å².